The molecule has 0 atom stereocenters. The van der Waals surface area contributed by atoms with E-state index in [-0.39, 0.29) is 11.7 Å². The minimum atomic E-state index is -0.304. The van der Waals surface area contributed by atoms with Gasteiger partial charge in [0.15, 0.2) is 5.69 Å². The smallest absolute Gasteiger partial charge is 0.271 e. The fourth-order valence-corrected chi connectivity index (χ4v) is 2.04. The van der Waals surface area contributed by atoms with Crippen molar-refractivity contribution in [1.82, 2.24) is 15.1 Å². The zero-order valence-corrected chi connectivity index (χ0v) is 12.6. The van der Waals surface area contributed by atoms with Gasteiger partial charge < -0.3 is 5.32 Å². The van der Waals surface area contributed by atoms with Gasteiger partial charge in [-0.05, 0) is 31.0 Å². The molecule has 1 N–H and O–H groups in total. The number of carbonyl (C=O) groups is 1. The van der Waals surface area contributed by atoms with Crippen LogP contribution >= 0.6 is 0 Å². The molecule has 2 rings (SSSR count). The van der Waals surface area contributed by atoms with Crippen molar-refractivity contribution in [1.29, 1.82) is 0 Å². The van der Waals surface area contributed by atoms with E-state index >= 15 is 0 Å². The molecule has 0 radical (unpaired) electrons. The number of hydrogen-bond donors (Lipinski definition) is 1. The number of amides is 1. The van der Waals surface area contributed by atoms with Gasteiger partial charge in [0.2, 0.25) is 0 Å². The molecule has 0 saturated heterocycles. The second-order valence-corrected chi connectivity index (χ2v) is 5.34. The summed E-state index contributed by atoms with van der Waals surface area (Å²) >= 11 is 0. The Labute approximate surface area is 124 Å². The Morgan fingerprint density at radius 3 is 2.76 bits per heavy atom. The number of aryl methyl sites for hydroxylation is 1. The lowest BCUT2D eigenvalue weighted by Crippen LogP contribution is -2.27. The first kappa shape index (κ1) is 15.2. The first-order chi connectivity index (χ1) is 10.0. The Bertz CT molecular complexity index is 634. The van der Waals surface area contributed by atoms with Gasteiger partial charge in [-0.3, -0.25) is 9.48 Å². The Kier molecular flexibility index (Phi) is 4.73. The molecule has 4 nitrogen and oxygen atoms in total. The molecule has 2 aromatic rings. The molecule has 0 aliphatic rings. The summed E-state index contributed by atoms with van der Waals surface area (Å²) in [7, 11) is 0. The van der Waals surface area contributed by atoms with Crippen LogP contribution in [-0.4, -0.2) is 22.2 Å². The summed E-state index contributed by atoms with van der Waals surface area (Å²) in [5.74, 6) is -0.124. The predicted molar refractivity (Wildman–Crippen MR) is 80.5 cm³/mol. The number of rotatable bonds is 5. The second kappa shape index (κ2) is 6.52. The van der Waals surface area contributed by atoms with Crippen molar-refractivity contribution in [2.75, 3.05) is 6.54 Å². The zero-order valence-electron chi connectivity index (χ0n) is 12.6. The lowest BCUT2D eigenvalue weighted by Gasteiger charge is -2.05. The van der Waals surface area contributed by atoms with Crippen molar-refractivity contribution in [3.05, 3.63) is 41.8 Å². The van der Waals surface area contributed by atoms with Crippen molar-refractivity contribution >= 4 is 5.91 Å². The van der Waals surface area contributed by atoms with Crippen LogP contribution in [-0.2, 0) is 6.54 Å². The zero-order chi connectivity index (χ0) is 15.4. The summed E-state index contributed by atoms with van der Waals surface area (Å²) in [5, 5.41) is 7.13. The fraction of sp³-hybridized carbons (Fsp3) is 0.375. The number of hydrogen-bond acceptors (Lipinski definition) is 2. The van der Waals surface area contributed by atoms with Gasteiger partial charge in [0.05, 0.1) is 5.69 Å². The fourth-order valence-electron chi connectivity index (χ4n) is 2.04. The molecular weight excluding hydrogens is 269 g/mol. The van der Waals surface area contributed by atoms with E-state index in [2.05, 4.69) is 10.4 Å². The maximum Gasteiger partial charge on any atom is 0.271 e. The first-order valence-electron chi connectivity index (χ1n) is 7.13. The summed E-state index contributed by atoms with van der Waals surface area (Å²) in [5.41, 5.74) is 1.82. The highest BCUT2D eigenvalue weighted by atomic mass is 19.1. The van der Waals surface area contributed by atoms with Gasteiger partial charge in [0.25, 0.3) is 5.91 Å². The van der Waals surface area contributed by atoms with Crippen molar-refractivity contribution in [3.8, 4) is 11.3 Å². The highest BCUT2D eigenvalue weighted by Gasteiger charge is 2.15. The van der Waals surface area contributed by atoms with Gasteiger partial charge in [-0.2, -0.15) is 5.10 Å². The number of benzene rings is 1. The van der Waals surface area contributed by atoms with E-state index in [1.165, 1.54) is 12.1 Å². The minimum Gasteiger partial charge on any atom is -0.350 e. The molecule has 0 bridgehead atoms. The van der Waals surface area contributed by atoms with Gasteiger partial charge >= 0.3 is 0 Å². The van der Waals surface area contributed by atoms with Crippen LogP contribution in [0.5, 0.6) is 0 Å². The topological polar surface area (TPSA) is 46.9 Å². The molecule has 1 amide bonds. The molecule has 21 heavy (non-hydrogen) atoms. The molecule has 1 aromatic carbocycles. The Hall–Kier alpha value is -2.17. The molecule has 5 heteroatoms. The van der Waals surface area contributed by atoms with E-state index < -0.39 is 0 Å². The van der Waals surface area contributed by atoms with Crippen LogP contribution in [0.1, 0.15) is 31.3 Å². The Balaban J connectivity index is 2.29. The van der Waals surface area contributed by atoms with Crippen molar-refractivity contribution in [2.45, 2.75) is 27.3 Å². The van der Waals surface area contributed by atoms with Crippen LogP contribution < -0.4 is 5.32 Å². The van der Waals surface area contributed by atoms with Crippen LogP contribution in [0.25, 0.3) is 11.3 Å². The van der Waals surface area contributed by atoms with Gasteiger partial charge in [0.1, 0.15) is 5.82 Å². The molecule has 1 aromatic heterocycles. The maximum atomic E-state index is 13.4. The molecule has 0 fully saturated rings. The molecule has 0 aliphatic heterocycles. The van der Waals surface area contributed by atoms with Crippen LogP contribution in [0, 0.1) is 11.7 Å². The van der Waals surface area contributed by atoms with E-state index in [9.17, 15) is 9.18 Å². The number of nitrogens with zero attached hydrogens (tertiary/aromatic N) is 2. The number of halogens is 1. The molecule has 0 aliphatic carbocycles. The van der Waals surface area contributed by atoms with Crippen molar-refractivity contribution in [3.63, 3.8) is 0 Å². The normalized spacial score (nSPS) is 10.9. The number of carbonyl (C=O) groups excluding carboxylic acids is 1. The lowest BCUT2D eigenvalue weighted by molar-refractivity contribution is 0.0943. The maximum absolute atomic E-state index is 13.4. The molecule has 0 unspecified atom stereocenters. The van der Waals surface area contributed by atoms with Crippen LogP contribution in [0.4, 0.5) is 4.39 Å². The standard InChI is InChI=1S/C16H20FN3O/c1-4-20-15(12-6-5-7-13(17)8-12)9-14(19-20)16(21)18-10-11(2)3/h5-9,11H,4,10H2,1-3H3,(H,18,21). The summed E-state index contributed by atoms with van der Waals surface area (Å²) in [6, 6.07) is 8.00. The summed E-state index contributed by atoms with van der Waals surface area (Å²) in [4.78, 5) is 12.1. The van der Waals surface area contributed by atoms with Crippen LogP contribution in [0.2, 0.25) is 0 Å². The monoisotopic (exact) mass is 289 g/mol. The third-order valence-electron chi connectivity index (χ3n) is 3.10. The van der Waals surface area contributed by atoms with E-state index in [0.29, 0.717) is 30.3 Å². The van der Waals surface area contributed by atoms with E-state index in [1.54, 1.807) is 16.8 Å². The summed E-state index contributed by atoms with van der Waals surface area (Å²) in [6.45, 7) is 7.22. The third kappa shape index (κ3) is 3.68. The highest BCUT2D eigenvalue weighted by Crippen LogP contribution is 2.21. The van der Waals surface area contributed by atoms with Crippen molar-refractivity contribution < 1.29 is 9.18 Å². The Morgan fingerprint density at radius 2 is 2.14 bits per heavy atom. The lowest BCUT2D eigenvalue weighted by atomic mass is 10.1. The highest BCUT2D eigenvalue weighted by molar-refractivity contribution is 5.93. The van der Waals surface area contributed by atoms with Gasteiger partial charge in [-0.1, -0.05) is 26.0 Å². The van der Waals surface area contributed by atoms with Gasteiger partial charge in [-0.15, -0.1) is 0 Å². The van der Waals surface area contributed by atoms with E-state index in [4.69, 9.17) is 0 Å². The van der Waals surface area contributed by atoms with Crippen LogP contribution in [0.3, 0.4) is 0 Å². The SMILES string of the molecule is CCn1nc(C(=O)NCC(C)C)cc1-c1cccc(F)c1. The second-order valence-electron chi connectivity index (χ2n) is 5.34. The Morgan fingerprint density at radius 1 is 1.38 bits per heavy atom. The van der Waals surface area contributed by atoms with Crippen LogP contribution in [0.15, 0.2) is 30.3 Å². The number of nitrogens with one attached hydrogen (secondary N) is 1. The average molecular weight is 289 g/mol. The van der Waals surface area contributed by atoms with Crippen molar-refractivity contribution in [2.24, 2.45) is 5.92 Å². The minimum absolute atomic E-state index is 0.200. The molecule has 1 heterocycles. The quantitative estimate of drug-likeness (QED) is 0.919. The molecule has 112 valence electrons. The van der Waals surface area contributed by atoms with E-state index in [0.717, 1.165) is 5.69 Å². The summed E-state index contributed by atoms with van der Waals surface area (Å²) < 4.78 is 15.1. The van der Waals surface area contributed by atoms with E-state index in [1.807, 2.05) is 26.8 Å². The molecule has 0 saturated carbocycles. The third-order valence-corrected chi connectivity index (χ3v) is 3.10. The number of aromatic nitrogens is 2. The molecule has 0 spiro atoms. The first-order valence-corrected chi connectivity index (χ1v) is 7.13. The predicted octanol–water partition coefficient (Wildman–Crippen LogP) is 3.09. The summed E-state index contributed by atoms with van der Waals surface area (Å²) in [6.07, 6.45) is 0. The van der Waals surface area contributed by atoms with Gasteiger partial charge in [-0.25, -0.2) is 4.39 Å². The average Bonchev–Trinajstić information content (AvgIpc) is 2.89. The molecular formula is C16H20FN3O. The van der Waals surface area contributed by atoms with Gasteiger partial charge in [0, 0.05) is 18.7 Å². The largest absolute Gasteiger partial charge is 0.350 e.